The first kappa shape index (κ1) is 20.3. The molecule has 0 aliphatic carbocycles. The first-order chi connectivity index (χ1) is 13.4. The molecule has 3 aromatic carbocycles. The Bertz CT molecular complexity index is 893. The third-order valence-corrected chi connectivity index (χ3v) is 7.42. The van der Waals surface area contributed by atoms with Crippen molar-refractivity contribution >= 4 is 24.7 Å². The Kier molecular flexibility index (Phi) is 6.04. The van der Waals surface area contributed by atoms with E-state index in [0.29, 0.717) is 18.4 Å². The standard InChI is InChI=1S/C23H26NO3P/c1-3-23(4-2,28(25,26)27)19-15-17-22(18-16-19)24(20-11-7-5-8-12-20)21-13-9-6-10-14-21/h5-18H,3-4H2,1-2H3,(H2,25,26,27). The number of anilines is 3. The summed E-state index contributed by atoms with van der Waals surface area (Å²) in [7, 11) is -4.30. The lowest BCUT2D eigenvalue weighted by Crippen LogP contribution is -2.24. The van der Waals surface area contributed by atoms with Crippen LogP contribution in [0.2, 0.25) is 0 Å². The molecule has 0 amide bonds. The first-order valence-electron chi connectivity index (χ1n) is 9.49. The predicted octanol–water partition coefficient (Wildman–Crippen LogP) is 6.35. The fourth-order valence-corrected chi connectivity index (χ4v) is 5.07. The minimum atomic E-state index is -4.30. The molecule has 0 unspecified atom stereocenters. The van der Waals surface area contributed by atoms with Crippen molar-refractivity contribution < 1.29 is 14.4 Å². The van der Waals surface area contributed by atoms with E-state index in [4.69, 9.17) is 0 Å². The largest absolute Gasteiger partial charge is 0.335 e. The molecule has 0 spiro atoms. The Morgan fingerprint density at radius 2 is 1.11 bits per heavy atom. The molecule has 28 heavy (non-hydrogen) atoms. The fourth-order valence-electron chi connectivity index (χ4n) is 3.76. The molecule has 0 aromatic heterocycles. The highest BCUT2D eigenvalue weighted by Gasteiger charge is 2.45. The van der Waals surface area contributed by atoms with E-state index in [1.54, 1.807) is 0 Å². The molecule has 0 saturated carbocycles. The molecule has 5 heteroatoms. The molecule has 0 radical (unpaired) electrons. The third-order valence-electron chi connectivity index (χ3n) is 5.42. The molecule has 2 N–H and O–H groups in total. The molecular weight excluding hydrogens is 369 g/mol. The predicted molar refractivity (Wildman–Crippen MR) is 115 cm³/mol. The van der Waals surface area contributed by atoms with Gasteiger partial charge >= 0.3 is 7.60 Å². The zero-order valence-electron chi connectivity index (χ0n) is 16.2. The summed E-state index contributed by atoms with van der Waals surface area (Å²) in [6.45, 7) is 3.66. The average molecular weight is 395 g/mol. The molecule has 0 atom stereocenters. The van der Waals surface area contributed by atoms with Crippen LogP contribution in [0.15, 0.2) is 84.9 Å². The van der Waals surface area contributed by atoms with Crippen molar-refractivity contribution in [1.82, 2.24) is 0 Å². The highest BCUT2D eigenvalue weighted by atomic mass is 31.2. The number of para-hydroxylation sites is 2. The average Bonchev–Trinajstić information content (AvgIpc) is 2.71. The summed E-state index contributed by atoms with van der Waals surface area (Å²) in [4.78, 5) is 22.2. The van der Waals surface area contributed by atoms with Gasteiger partial charge < -0.3 is 14.7 Å². The van der Waals surface area contributed by atoms with E-state index in [2.05, 4.69) is 4.90 Å². The van der Waals surface area contributed by atoms with Gasteiger partial charge in [-0.15, -0.1) is 0 Å². The van der Waals surface area contributed by atoms with Crippen molar-refractivity contribution in [2.45, 2.75) is 31.8 Å². The number of benzene rings is 3. The Balaban J connectivity index is 2.08. The van der Waals surface area contributed by atoms with E-state index in [1.165, 1.54) is 0 Å². The maximum atomic E-state index is 12.3. The third kappa shape index (κ3) is 3.77. The van der Waals surface area contributed by atoms with Crippen LogP contribution in [-0.2, 0) is 9.72 Å². The molecule has 3 rings (SSSR count). The molecule has 146 valence electrons. The van der Waals surface area contributed by atoms with Crippen molar-refractivity contribution in [3.8, 4) is 0 Å². The van der Waals surface area contributed by atoms with Crippen LogP contribution in [0.3, 0.4) is 0 Å². The summed E-state index contributed by atoms with van der Waals surface area (Å²) in [5.74, 6) is 0. The molecule has 3 aromatic rings. The summed E-state index contributed by atoms with van der Waals surface area (Å²) in [6.07, 6.45) is 0.766. The minimum Gasteiger partial charge on any atom is -0.324 e. The maximum absolute atomic E-state index is 12.3. The Morgan fingerprint density at radius 1 is 0.714 bits per heavy atom. The number of hydrogen-bond acceptors (Lipinski definition) is 2. The van der Waals surface area contributed by atoms with Crippen molar-refractivity contribution in [2.24, 2.45) is 0 Å². The van der Waals surface area contributed by atoms with E-state index in [0.717, 1.165) is 17.1 Å². The topological polar surface area (TPSA) is 60.8 Å². The Morgan fingerprint density at radius 3 is 1.46 bits per heavy atom. The smallest absolute Gasteiger partial charge is 0.324 e. The number of rotatable bonds is 7. The quantitative estimate of drug-likeness (QED) is 0.458. The van der Waals surface area contributed by atoms with Gasteiger partial charge in [0.1, 0.15) is 0 Å². The molecule has 0 fully saturated rings. The van der Waals surface area contributed by atoms with Gasteiger partial charge in [-0.2, -0.15) is 0 Å². The molecule has 0 saturated heterocycles. The second-order valence-corrected chi connectivity index (χ2v) is 8.78. The Labute approximate surface area is 166 Å². The van der Waals surface area contributed by atoms with E-state index < -0.39 is 12.8 Å². The summed E-state index contributed by atoms with van der Waals surface area (Å²) in [6, 6.07) is 27.7. The minimum absolute atomic E-state index is 0.383. The van der Waals surface area contributed by atoms with Crippen molar-refractivity contribution in [1.29, 1.82) is 0 Å². The van der Waals surface area contributed by atoms with Gasteiger partial charge in [-0.3, -0.25) is 4.57 Å². The molecule has 4 nitrogen and oxygen atoms in total. The zero-order valence-corrected chi connectivity index (χ0v) is 17.1. The van der Waals surface area contributed by atoms with Gasteiger partial charge in [0, 0.05) is 17.1 Å². The fraction of sp³-hybridized carbons (Fsp3) is 0.217. The first-order valence-corrected chi connectivity index (χ1v) is 11.1. The van der Waals surface area contributed by atoms with Crippen LogP contribution < -0.4 is 4.90 Å². The van der Waals surface area contributed by atoms with Crippen LogP contribution >= 0.6 is 7.60 Å². The normalized spacial score (nSPS) is 12.0. The van der Waals surface area contributed by atoms with Gasteiger partial charge in [-0.1, -0.05) is 62.4 Å². The Hall–Kier alpha value is -2.39. The van der Waals surface area contributed by atoms with E-state index in [1.807, 2.05) is 98.8 Å². The molecule has 0 heterocycles. The number of nitrogens with zero attached hydrogens (tertiary/aromatic N) is 1. The van der Waals surface area contributed by atoms with Gasteiger partial charge in [-0.05, 0) is 54.8 Å². The lowest BCUT2D eigenvalue weighted by molar-refractivity contribution is 0.315. The van der Waals surface area contributed by atoms with Crippen LogP contribution in [0.5, 0.6) is 0 Å². The zero-order chi connectivity index (χ0) is 20.2. The summed E-state index contributed by atoms with van der Waals surface area (Å²) in [5.41, 5.74) is 3.66. The SMILES string of the molecule is CCC(CC)(c1ccc(N(c2ccccc2)c2ccccc2)cc1)P(=O)(O)O. The van der Waals surface area contributed by atoms with Crippen LogP contribution in [0, 0.1) is 0 Å². The molecule has 0 aliphatic heterocycles. The molecule has 0 aliphatic rings. The van der Waals surface area contributed by atoms with Gasteiger partial charge in [0.2, 0.25) is 0 Å². The summed E-state index contributed by atoms with van der Waals surface area (Å²) in [5, 5.41) is -1.14. The maximum Gasteiger partial charge on any atom is 0.335 e. The lowest BCUT2D eigenvalue weighted by Gasteiger charge is -2.33. The van der Waals surface area contributed by atoms with Gasteiger partial charge in [0.05, 0.1) is 5.16 Å². The van der Waals surface area contributed by atoms with E-state index >= 15 is 0 Å². The van der Waals surface area contributed by atoms with Gasteiger partial charge in [-0.25, -0.2) is 0 Å². The van der Waals surface area contributed by atoms with Gasteiger partial charge in [0.15, 0.2) is 0 Å². The lowest BCUT2D eigenvalue weighted by atomic mass is 9.92. The highest BCUT2D eigenvalue weighted by Crippen LogP contribution is 2.61. The second kappa shape index (κ2) is 8.32. The number of hydrogen-bond donors (Lipinski definition) is 2. The van der Waals surface area contributed by atoms with Crippen LogP contribution in [0.1, 0.15) is 32.3 Å². The summed E-state index contributed by atoms with van der Waals surface area (Å²) >= 11 is 0. The highest BCUT2D eigenvalue weighted by molar-refractivity contribution is 7.53. The second-order valence-electron chi connectivity index (χ2n) is 6.84. The molecule has 0 bridgehead atoms. The van der Waals surface area contributed by atoms with Crippen LogP contribution in [-0.4, -0.2) is 9.79 Å². The van der Waals surface area contributed by atoms with Crippen molar-refractivity contribution in [2.75, 3.05) is 4.90 Å². The monoisotopic (exact) mass is 395 g/mol. The van der Waals surface area contributed by atoms with E-state index in [-0.39, 0.29) is 0 Å². The van der Waals surface area contributed by atoms with E-state index in [9.17, 15) is 14.4 Å². The molecular formula is C23H26NO3P. The van der Waals surface area contributed by atoms with Crippen molar-refractivity contribution in [3.63, 3.8) is 0 Å². The summed E-state index contributed by atoms with van der Waals surface area (Å²) < 4.78 is 12.3. The van der Waals surface area contributed by atoms with Crippen molar-refractivity contribution in [3.05, 3.63) is 90.5 Å². The van der Waals surface area contributed by atoms with Gasteiger partial charge in [0.25, 0.3) is 0 Å². The van der Waals surface area contributed by atoms with Crippen LogP contribution in [0.4, 0.5) is 17.1 Å². The van der Waals surface area contributed by atoms with Crippen LogP contribution in [0.25, 0.3) is 0 Å².